The number of rotatable bonds is 7. The zero-order chi connectivity index (χ0) is 23.5. The third kappa shape index (κ3) is 5.39. The maximum atomic E-state index is 13.0. The van der Waals surface area contributed by atoms with Crippen LogP contribution in [0.15, 0.2) is 23.1 Å². The van der Waals surface area contributed by atoms with Gasteiger partial charge in [0.1, 0.15) is 10.6 Å². The molecule has 2 heterocycles. The molecule has 0 spiro atoms. The van der Waals surface area contributed by atoms with E-state index in [1.165, 1.54) is 35.5 Å². The number of benzene rings is 1. The minimum Gasteiger partial charge on any atom is -0.495 e. The van der Waals surface area contributed by atoms with Crippen LogP contribution in [0.25, 0.3) is 0 Å². The highest BCUT2D eigenvalue weighted by atomic mass is 32.2. The summed E-state index contributed by atoms with van der Waals surface area (Å²) in [5.74, 6) is -1.46. The van der Waals surface area contributed by atoms with Crippen LogP contribution in [-0.2, 0) is 34.1 Å². The second-order valence-electron chi connectivity index (χ2n) is 7.52. The van der Waals surface area contributed by atoms with Gasteiger partial charge in [-0.25, -0.2) is 21.6 Å². The van der Waals surface area contributed by atoms with E-state index in [4.69, 9.17) is 14.2 Å². The van der Waals surface area contributed by atoms with Crippen molar-refractivity contribution >= 4 is 31.7 Å². The Balaban J connectivity index is 1.70. The second kappa shape index (κ2) is 9.73. The largest absolute Gasteiger partial charge is 0.495 e. The number of morpholine rings is 1. The molecular weight excluding hydrogens is 464 g/mol. The summed E-state index contributed by atoms with van der Waals surface area (Å²) in [6.45, 7) is 0.293. The Morgan fingerprint density at radius 3 is 2.53 bits per heavy atom. The van der Waals surface area contributed by atoms with Crippen molar-refractivity contribution in [2.24, 2.45) is 0 Å². The van der Waals surface area contributed by atoms with Crippen molar-refractivity contribution in [1.29, 1.82) is 0 Å². The molecule has 32 heavy (non-hydrogen) atoms. The Bertz CT molecular complexity index is 1080. The molecule has 3 rings (SSSR count). The zero-order valence-electron chi connectivity index (χ0n) is 17.9. The van der Waals surface area contributed by atoms with Gasteiger partial charge in [0.15, 0.2) is 16.4 Å². The standard InChI is InChI=1S/C19H26N2O9S2/c1-20(15-5-10-31(24,25)13-15)18(22)12-30-19(23)14-3-4-16(28-2)17(11-14)32(26,27)21-6-8-29-9-7-21/h3-4,11,15H,5-10,12-13H2,1-2H3/t15-/m1/s1. The van der Waals surface area contributed by atoms with Crippen molar-refractivity contribution < 1.29 is 40.6 Å². The van der Waals surface area contributed by atoms with Gasteiger partial charge in [-0.15, -0.1) is 0 Å². The van der Waals surface area contributed by atoms with Crippen LogP contribution in [0.4, 0.5) is 0 Å². The molecule has 2 aliphatic rings. The first kappa shape index (κ1) is 24.4. The van der Waals surface area contributed by atoms with E-state index in [2.05, 4.69) is 0 Å². The predicted molar refractivity (Wildman–Crippen MR) is 113 cm³/mol. The quantitative estimate of drug-likeness (QED) is 0.464. The number of hydrogen-bond acceptors (Lipinski definition) is 9. The second-order valence-corrected chi connectivity index (χ2v) is 11.7. The lowest BCUT2D eigenvalue weighted by molar-refractivity contribution is -0.134. The molecule has 11 nitrogen and oxygen atoms in total. The van der Waals surface area contributed by atoms with Crippen LogP contribution in [0.1, 0.15) is 16.8 Å². The van der Waals surface area contributed by atoms with Gasteiger partial charge < -0.3 is 19.1 Å². The van der Waals surface area contributed by atoms with Crippen LogP contribution < -0.4 is 4.74 Å². The third-order valence-electron chi connectivity index (χ3n) is 5.46. The zero-order valence-corrected chi connectivity index (χ0v) is 19.5. The van der Waals surface area contributed by atoms with E-state index in [1.807, 2.05) is 0 Å². The van der Waals surface area contributed by atoms with Gasteiger partial charge in [0.2, 0.25) is 10.0 Å². The van der Waals surface area contributed by atoms with Gasteiger partial charge in [0, 0.05) is 26.2 Å². The van der Waals surface area contributed by atoms with Crippen molar-refractivity contribution in [1.82, 2.24) is 9.21 Å². The highest BCUT2D eigenvalue weighted by molar-refractivity contribution is 7.91. The van der Waals surface area contributed by atoms with Gasteiger partial charge in [0.05, 0.1) is 37.4 Å². The summed E-state index contributed by atoms with van der Waals surface area (Å²) < 4.78 is 65.9. The van der Waals surface area contributed by atoms with Crippen LogP contribution in [0.3, 0.4) is 0 Å². The first-order chi connectivity index (χ1) is 15.0. The van der Waals surface area contributed by atoms with Crippen LogP contribution in [0.5, 0.6) is 5.75 Å². The molecule has 2 fully saturated rings. The molecule has 0 bridgehead atoms. The smallest absolute Gasteiger partial charge is 0.338 e. The number of carbonyl (C=O) groups excluding carboxylic acids is 2. The Kier molecular flexibility index (Phi) is 7.43. The van der Waals surface area contributed by atoms with Crippen LogP contribution in [-0.4, -0.2) is 103 Å². The first-order valence-corrected chi connectivity index (χ1v) is 13.2. The number of ether oxygens (including phenoxy) is 3. The SMILES string of the molecule is COc1ccc(C(=O)OCC(=O)N(C)[C@@H]2CCS(=O)(=O)C2)cc1S(=O)(=O)N1CCOCC1. The van der Waals surface area contributed by atoms with Gasteiger partial charge in [-0.05, 0) is 24.6 Å². The number of esters is 1. The number of nitrogens with zero attached hydrogens (tertiary/aromatic N) is 2. The lowest BCUT2D eigenvalue weighted by atomic mass is 10.2. The highest BCUT2D eigenvalue weighted by Crippen LogP contribution is 2.28. The fourth-order valence-corrected chi connectivity index (χ4v) is 6.89. The van der Waals surface area contributed by atoms with Gasteiger partial charge >= 0.3 is 5.97 Å². The topological polar surface area (TPSA) is 137 Å². The predicted octanol–water partition coefficient (Wildman–Crippen LogP) is -0.482. The maximum Gasteiger partial charge on any atom is 0.338 e. The molecule has 0 N–H and O–H groups in total. The van der Waals surface area contributed by atoms with E-state index in [0.717, 1.165) is 6.07 Å². The summed E-state index contributed by atoms with van der Waals surface area (Å²) in [6.07, 6.45) is 0.333. The average Bonchev–Trinajstić information content (AvgIpc) is 3.16. The van der Waals surface area contributed by atoms with E-state index in [0.29, 0.717) is 6.42 Å². The molecule has 0 aromatic heterocycles. The van der Waals surface area contributed by atoms with Crippen molar-refractivity contribution in [3.05, 3.63) is 23.8 Å². The van der Waals surface area contributed by atoms with E-state index in [-0.39, 0.29) is 54.0 Å². The van der Waals surface area contributed by atoms with Gasteiger partial charge in [-0.3, -0.25) is 4.79 Å². The summed E-state index contributed by atoms with van der Waals surface area (Å²) in [6, 6.07) is 3.39. The molecule has 2 aliphatic heterocycles. The Morgan fingerprint density at radius 1 is 1.25 bits per heavy atom. The monoisotopic (exact) mass is 490 g/mol. The lowest BCUT2D eigenvalue weighted by Gasteiger charge is -2.26. The normalized spacial score (nSPS) is 21.1. The number of amides is 1. The van der Waals surface area contributed by atoms with Crippen LogP contribution in [0, 0.1) is 0 Å². The molecule has 1 aromatic rings. The molecule has 1 amide bonds. The number of sulfone groups is 1. The van der Waals surface area contributed by atoms with Crippen LogP contribution in [0.2, 0.25) is 0 Å². The molecule has 1 aromatic carbocycles. The first-order valence-electron chi connectivity index (χ1n) is 9.94. The van der Waals surface area contributed by atoms with Crippen molar-refractivity contribution in [3.63, 3.8) is 0 Å². The van der Waals surface area contributed by atoms with E-state index >= 15 is 0 Å². The molecule has 2 saturated heterocycles. The molecule has 0 unspecified atom stereocenters. The van der Waals surface area contributed by atoms with Crippen molar-refractivity contribution in [2.45, 2.75) is 17.4 Å². The molecule has 178 valence electrons. The Hall–Kier alpha value is -2.22. The molecule has 0 radical (unpaired) electrons. The molecule has 0 saturated carbocycles. The highest BCUT2D eigenvalue weighted by Gasteiger charge is 2.33. The number of sulfonamides is 1. The minimum atomic E-state index is -3.94. The van der Waals surface area contributed by atoms with Gasteiger partial charge in [-0.1, -0.05) is 0 Å². The number of likely N-dealkylation sites (N-methyl/N-ethyl adjacent to an activating group) is 1. The van der Waals surface area contributed by atoms with Crippen molar-refractivity contribution in [3.8, 4) is 5.75 Å². The number of hydrogen-bond donors (Lipinski definition) is 0. The third-order valence-corrected chi connectivity index (χ3v) is 9.13. The maximum absolute atomic E-state index is 13.0. The summed E-state index contributed by atoms with van der Waals surface area (Å²) in [7, 11) is -4.32. The average molecular weight is 491 g/mol. The molecule has 13 heteroatoms. The van der Waals surface area contributed by atoms with E-state index in [1.54, 1.807) is 0 Å². The minimum absolute atomic E-state index is 0.0152. The summed E-state index contributed by atoms with van der Waals surface area (Å²) in [5, 5.41) is 0. The number of carbonyl (C=O) groups is 2. The lowest BCUT2D eigenvalue weighted by Crippen LogP contribution is -2.40. The summed E-state index contributed by atoms with van der Waals surface area (Å²) in [4.78, 5) is 25.9. The summed E-state index contributed by atoms with van der Waals surface area (Å²) >= 11 is 0. The summed E-state index contributed by atoms with van der Waals surface area (Å²) in [5.41, 5.74) is -0.0588. The van der Waals surface area contributed by atoms with Gasteiger partial charge in [0.25, 0.3) is 5.91 Å². The molecule has 1 atom stereocenters. The fraction of sp³-hybridized carbons (Fsp3) is 0.579. The van der Waals surface area contributed by atoms with Gasteiger partial charge in [-0.2, -0.15) is 4.31 Å². The van der Waals surface area contributed by atoms with Crippen molar-refractivity contribution in [2.75, 3.05) is 58.6 Å². The van der Waals surface area contributed by atoms with E-state index < -0.39 is 44.4 Å². The Labute approximate surface area is 187 Å². The Morgan fingerprint density at radius 2 is 1.94 bits per heavy atom. The van der Waals surface area contributed by atoms with Crippen LogP contribution >= 0.6 is 0 Å². The molecular formula is C19H26N2O9S2. The fourth-order valence-electron chi connectivity index (χ4n) is 3.53. The van der Waals surface area contributed by atoms with E-state index in [9.17, 15) is 26.4 Å². The number of methoxy groups -OCH3 is 1. The molecule has 0 aliphatic carbocycles.